The Morgan fingerprint density at radius 3 is 2.62 bits per heavy atom. The molecule has 3 rings (SSSR count). The van der Waals surface area contributed by atoms with Crippen molar-refractivity contribution in [1.82, 2.24) is 10.3 Å². The molecule has 0 radical (unpaired) electrons. The third-order valence-electron chi connectivity index (χ3n) is 3.58. The predicted molar refractivity (Wildman–Crippen MR) is 93.8 cm³/mol. The van der Waals surface area contributed by atoms with Gasteiger partial charge in [0.2, 0.25) is 0 Å². The fourth-order valence-electron chi connectivity index (χ4n) is 2.26. The van der Waals surface area contributed by atoms with Crippen LogP contribution in [-0.2, 0) is 6.54 Å². The molecule has 1 aromatic heterocycles. The molecule has 1 aliphatic carbocycles. The first kappa shape index (κ1) is 15.2. The van der Waals surface area contributed by atoms with Crippen molar-refractivity contribution in [2.45, 2.75) is 51.6 Å². The molecule has 1 fully saturated rings. The molecule has 0 atom stereocenters. The van der Waals surface area contributed by atoms with Crippen molar-refractivity contribution >= 4 is 27.3 Å². The minimum Gasteiger partial charge on any atom is -0.307 e. The first-order chi connectivity index (χ1) is 9.94. The van der Waals surface area contributed by atoms with Crippen LogP contribution in [0.5, 0.6) is 0 Å². The molecule has 2 nitrogen and oxygen atoms in total. The molecule has 4 heteroatoms. The van der Waals surface area contributed by atoms with Crippen LogP contribution in [0.3, 0.4) is 0 Å². The second-order valence-electron chi connectivity index (χ2n) is 6.69. The number of hydrogen-bond donors (Lipinski definition) is 1. The smallest absolute Gasteiger partial charge is 0.125 e. The highest BCUT2D eigenvalue weighted by atomic mass is 79.9. The summed E-state index contributed by atoms with van der Waals surface area (Å²) in [6, 6.07) is 8.34. The van der Waals surface area contributed by atoms with Crippen molar-refractivity contribution < 1.29 is 0 Å². The molecule has 0 saturated heterocycles. The maximum atomic E-state index is 4.95. The molecule has 1 heterocycles. The Kier molecular flexibility index (Phi) is 4.21. The molecule has 21 heavy (non-hydrogen) atoms. The van der Waals surface area contributed by atoms with E-state index in [0.717, 1.165) is 16.0 Å². The maximum absolute atomic E-state index is 4.95. The van der Waals surface area contributed by atoms with E-state index < -0.39 is 0 Å². The van der Waals surface area contributed by atoms with Gasteiger partial charge in [-0.15, -0.1) is 11.3 Å². The Bertz CT molecular complexity index is 638. The standard InChI is InChI=1S/C17H21BrN2S/c1-17(2,3)19-10-14-15(11-8-9-11)20-16(21-14)12-6-4-5-7-13(12)18/h4-7,11,19H,8-10H2,1-3H3. The maximum Gasteiger partial charge on any atom is 0.125 e. The molecular formula is C17H21BrN2S. The van der Waals surface area contributed by atoms with E-state index in [-0.39, 0.29) is 5.54 Å². The lowest BCUT2D eigenvalue weighted by atomic mass is 10.1. The Morgan fingerprint density at radius 1 is 1.29 bits per heavy atom. The average molecular weight is 365 g/mol. The minimum atomic E-state index is 0.137. The van der Waals surface area contributed by atoms with Gasteiger partial charge >= 0.3 is 0 Å². The monoisotopic (exact) mass is 364 g/mol. The van der Waals surface area contributed by atoms with Gasteiger partial charge in [-0.25, -0.2) is 4.98 Å². The van der Waals surface area contributed by atoms with Crippen LogP contribution in [0.4, 0.5) is 0 Å². The van der Waals surface area contributed by atoms with Crippen molar-refractivity contribution in [2.75, 3.05) is 0 Å². The summed E-state index contributed by atoms with van der Waals surface area (Å²) < 4.78 is 1.12. The molecule has 0 bridgehead atoms. The fraction of sp³-hybridized carbons (Fsp3) is 0.471. The first-order valence-corrected chi connectivity index (χ1v) is 9.04. The molecular weight excluding hydrogens is 344 g/mol. The lowest BCUT2D eigenvalue weighted by molar-refractivity contribution is 0.425. The van der Waals surface area contributed by atoms with Gasteiger partial charge < -0.3 is 5.32 Å². The van der Waals surface area contributed by atoms with Crippen molar-refractivity contribution in [2.24, 2.45) is 0 Å². The summed E-state index contributed by atoms with van der Waals surface area (Å²) in [6.07, 6.45) is 2.59. The average Bonchev–Trinajstić information content (AvgIpc) is 3.17. The number of benzene rings is 1. The highest BCUT2D eigenvalue weighted by molar-refractivity contribution is 9.10. The van der Waals surface area contributed by atoms with Crippen LogP contribution in [0.2, 0.25) is 0 Å². The lowest BCUT2D eigenvalue weighted by Crippen LogP contribution is -2.35. The zero-order chi connectivity index (χ0) is 15.0. The normalized spacial score (nSPS) is 15.4. The van der Waals surface area contributed by atoms with E-state index in [1.807, 2.05) is 17.4 Å². The largest absolute Gasteiger partial charge is 0.307 e. The van der Waals surface area contributed by atoms with Gasteiger partial charge in [0.25, 0.3) is 0 Å². The van der Waals surface area contributed by atoms with E-state index in [4.69, 9.17) is 4.98 Å². The lowest BCUT2D eigenvalue weighted by Gasteiger charge is -2.20. The van der Waals surface area contributed by atoms with E-state index in [0.29, 0.717) is 5.92 Å². The summed E-state index contributed by atoms with van der Waals surface area (Å²) in [5, 5.41) is 4.73. The number of nitrogens with one attached hydrogen (secondary N) is 1. The summed E-state index contributed by atoms with van der Waals surface area (Å²) in [5.41, 5.74) is 2.66. The molecule has 2 aromatic rings. The van der Waals surface area contributed by atoms with Gasteiger partial charge in [-0.1, -0.05) is 34.1 Å². The molecule has 0 unspecified atom stereocenters. The molecule has 1 aliphatic rings. The van der Waals surface area contributed by atoms with Gasteiger partial charge in [-0.3, -0.25) is 0 Å². The van der Waals surface area contributed by atoms with Gasteiger partial charge in [0.15, 0.2) is 0 Å². The second kappa shape index (κ2) is 5.82. The van der Waals surface area contributed by atoms with E-state index in [1.54, 1.807) is 0 Å². The Morgan fingerprint density at radius 2 is 2.00 bits per heavy atom. The molecule has 1 N–H and O–H groups in total. The van der Waals surface area contributed by atoms with Crippen LogP contribution >= 0.6 is 27.3 Å². The van der Waals surface area contributed by atoms with Crippen LogP contribution in [0, 0.1) is 0 Å². The number of aromatic nitrogens is 1. The number of hydrogen-bond acceptors (Lipinski definition) is 3. The molecule has 0 spiro atoms. The van der Waals surface area contributed by atoms with Crippen LogP contribution in [0.15, 0.2) is 28.7 Å². The summed E-state index contributed by atoms with van der Waals surface area (Å²) in [4.78, 5) is 6.35. The van der Waals surface area contributed by atoms with Crippen molar-refractivity contribution in [1.29, 1.82) is 0 Å². The highest BCUT2D eigenvalue weighted by Gasteiger charge is 2.30. The van der Waals surface area contributed by atoms with Gasteiger partial charge in [0, 0.05) is 32.9 Å². The van der Waals surface area contributed by atoms with Gasteiger partial charge in [0.05, 0.1) is 5.69 Å². The number of nitrogens with zero attached hydrogens (tertiary/aromatic N) is 1. The Balaban J connectivity index is 1.91. The van der Waals surface area contributed by atoms with Gasteiger partial charge in [-0.2, -0.15) is 0 Å². The third-order valence-corrected chi connectivity index (χ3v) is 5.37. The summed E-state index contributed by atoms with van der Waals surface area (Å²) in [5.74, 6) is 0.689. The van der Waals surface area contributed by atoms with Crippen LogP contribution in [-0.4, -0.2) is 10.5 Å². The zero-order valence-electron chi connectivity index (χ0n) is 12.7. The van der Waals surface area contributed by atoms with E-state index in [1.165, 1.54) is 29.0 Å². The molecule has 1 saturated carbocycles. The van der Waals surface area contributed by atoms with E-state index in [2.05, 4.69) is 60.2 Å². The summed E-state index contributed by atoms with van der Waals surface area (Å²) in [7, 11) is 0. The molecule has 0 amide bonds. The van der Waals surface area contributed by atoms with Crippen LogP contribution < -0.4 is 5.32 Å². The predicted octanol–water partition coefficient (Wildman–Crippen LogP) is 5.34. The highest BCUT2D eigenvalue weighted by Crippen LogP contribution is 2.45. The minimum absolute atomic E-state index is 0.137. The fourth-order valence-corrected chi connectivity index (χ4v) is 3.99. The topological polar surface area (TPSA) is 24.9 Å². The molecule has 1 aromatic carbocycles. The molecule has 112 valence electrons. The van der Waals surface area contributed by atoms with E-state index >= 15 is 0 Å². The van der Waals surface area contributed by atoms with Crippen molar-refractivity contribution in [3.8, 4) is 10.6 Å². The van der Waals surface area contributed by atoms with Gasteiger partial charge in [0.1, 0.15) is 5.01 Å². The Hall–Kier alpha value is -0.710. The van der Waals surface area contributed by atoms with Crippen molar-refractivity contribution in [3.63, 3.8) is 0 Å². The summed E-state index contributed by atoms with van der Waals surface area (Å²) in [6.45, 7) is 7.54. The number of thiazole rings is 1. The quantitative estimate of drug-likeness (QED) is 0.791. The van der Waals surface area contributed by atoms with Gasteiger partial charge in [-0.05, 0) is 39.7 Å². The summed E-state index contributed by atoms with van der Waals surface area (Å²) >= 11 is 5.47. The number of rotatable bonds is 4. The SMILES string of the molecule is CC(C)(C)NCc1sc(-c2ccccc2Br)nc1C1CC1. The zero-order valence-corrected chi connectivity index (χ0v) is 15.1. The Labute approximate surface area is 139 Å². The van der Waals surface area contributed by atoms with Crippen LogP contribution in [0.25, 0.3) is 10.6 Å². The molecule has 0 aliphatic heterocycles. The second-order valence-corrected chi connectivity index (χ2v) is 8.62. The third kappa shape index (κ3) is 3.74. The first-order valence-electron chi connectivity index (χ1n) is 7.43. The van der Waals surface area contributed by atoms with Crippen LogP contribution in [0.1, 0.15) is 50.1 Å². The van der Waals surface area contributed by atoms with E-state index in [9.17, 15) is 0 Å². The van der Waals surface area contributed by atoms with Crippen molar-refractivity contribution in [3.05, 3.63) is 39.3 Å². The number of halogens is 1.